The van der Waals surface area contributed by atoms with E-state index in [2.05, 4.69) is 11.1 Å². The Morgan fingerprint density at radius 3 is 2.81 bits per heavy atom. The van der Waals surface area contributed by atoms with E-state index in [4.69, 9.17) is 5.26 Å². The molecule has 3 heteroatoms. The Hall–Kier alpha value is -1.43. The summed E-state index contributed by atoms with van der Waals surface area (Å²) in [6.07, 6.45) is 6.26. The molecule has 1 aromatic heterocycles. The molecule has 1 aliphatic carbocycles. The first-order valence-electron chi connectivity index (χ1n) is 5.76. The van der Waals surface area contributed by atoms with Crippen LogP contribution in [0.3, 0.4) is 0 Å². The number of pyridine rings is 1. The molecule has 2 rings (SSSR count). The second-order valence-corrected chi connectivity index (χ2v) is 4.54. The van der Waals surface area contributed by atoms with Crippen molar-refractivity contribution in [2.75, 3.05) is 0 Å². The maximum absolute atomic E-state index is 14.4. The molecular formula is C13H15FN2. The van der Waals surface area contributed by atoms with E-state index >= 15 is 0 Å². The van der Waals surface area contributed by atoms with Crippen LogP contribution < -0.4 is 0 Å². The van der Waals surface area contributed by atoms with Crippen LogP contribution in [0, 0.1) is 11.3 Å². The molecular weight excluding hydrogens is 203 g/mol. The predicted octanol–water partition coefficient (Wildman–Crippen LogP) is 3.17. The van der Waals surface area contributed by atoms with Gasteiger partial charge in [0, 0.05) is 18.3 Å². The summed E-state index contributed by atoms with van der Waals surface area (Å²) in [6, 6.07) is 5.39. The van der Waals surface area contributed by atoms with Crippen LogP contribution in [0.1, 0.15) is 43.4 Å². The average Bonchev–Trinajstić information content (AvgIpc) is 2.29. The Labute approximate surface area is 95.1 Å². The number of nitrogens with zero attached hydrogens (tertiary/aromatic N) is 2. The molecule has 1 fully saturated rings. The summed E-state index contributed by atoms with van der Waals surface area (Å²) in [4.78, 5) is 4.14. The van der Waals surface area contributed by atoms with E-state index in [1.807, 2.05) is 0 Å². The number of hydrogen-bond acceptors (Lipinski definition) is 2. The fraction of sp³-hybridized carbons (Fsp3) is 0.538. The fourth-order valence-electron chi connectivity index (χ4n) is 2.33. The van der Waals surface area contributed by atoms with Crippen LogP contribution in [0.2, 0.25) is 0 Å². The average molecular weight is 218 g/mol. The van der Waals surface area contributed by atoms with E-state index in [1.165, 1.54) is 0 Å². The van der Waals surface area contributed by atoms with Gasteiger partial charge in [-0.25, -0.2) is 4.39 Å². The van der Waals surface area contributed by atoms with Gasteiger partial charge < -0.3 is 0 Å². The van der Waals surface area contributed by atoms with Crippen molar-refractivity contribution < 1.29 is 4.39 Å². The van der Waals surface area contributed by atoms with E-state index in [1.54, 1.807) is 18.3 Å². The van der Waals surface area contributed by atoms with Crippen molar-refractivity contribution in [3.8, 4) is 6.07 Å². The highest BCUT2D eigenvalue weighted by atomic mass is 19.1. The third kappa shape index (κ3) is 2.57. The molecule has 16 heavy (non-hydrogen) atoms. The molecule has 0 spiro atoms. The fourth-order valence-corrected chi connectivity index (χ4v) is 2.33. The monoisotopic (exact) mass is 218 g/mol. The van der Waals surface area contributed by atoms with Crippen LogP contribution in [-0.2, 0) is 6.42 Å². The molecule has 0 amide bonds. The van der Waals surface area contributed by atoms with Crippen LogP contribution in [0.5, 0.6) is 0 Å². The van der Waals surface area contributed by atoms with Gasteiger partial charge in [0.2, 0.25) is 0 Å². The van der Waals surface area contributed by atoms with E-state index in [-0.39, 0.29) is 0 Å². The minimum atomic E-state index is -1.10. The summed E-state index contributed by atoms with van der Waals surface area (Å²) in [5.74, 6) is 0. The predicted molar refractivity (Wildman–Crippen MR) is 59.6 cm³/mol. The van der Waals surface area contributed by atoms with Crippen molar-refractivity contribution >= 4 is 0 Å². The quantitative estimate of drug-likeness (QED) is 0.764. The zero-order valence-corrected chi connectivity index (χ0v) is 9.25. The Morgan fingerprint density at radius 1 is 1.38 bits per heavy atom. The first-order chi connectivity index (χ1) is 7.72. The molecule has 2 nitrogen and oxygen atoms in total. The zero-order valence-electron chi connectivity index (χ0n) is 9.25. The van der Waals surface area contributed by atoms with E-state index in [0.717, 1.165) is 19.3 Å². The van der Waals surface area contributed by atoms with Crippen molar-refractivity contribution in [2.45, 2.75) is 44.2 Å². The highest BCUT2D eigenvalue weighted by Gasteiger charge is 2.32. The largest absolute Gasteiger partial charge is 0.261 e. The molecule has 0 aliphatic heterocycles. The number of nitriles is 1. The van der Waals surface area contributed by atoms with Crippen molar-refractivity contribution in [3.05, 3.63) is 29.6 Å². The van der Waals surface area contributed by atoms with E-state index in [9.17, 15) is 4.39 Å². The van der Waals surface area contributed by atoms with E-state index < -0.39 is 5.67 Å². The highest BCUT2D eigenvalue weighted by molar-refractivity contribution is 5.29. The minimum Gasteiger partial charge on any atom is -0.261 e. The maximum atomic E-state index is 14.4. The summed E-state index contributed by atoms with van der Waals surface area (Å²) in [7, 11) is 0. The summed E-state index contributed by atoms with van der Waals surface area (Å²) >= 11 is 0. The van der Waals surface area contributed by atoms with Gasteiger partial charge in [-0.05, 0) is 25.0 Å². The molecule has 1 heterocycles. The Morgan fingerprint density at radius 2 is 2.12 bits per heavy atom. The smallest absolute Gasteiger partial charge is 0.116 e. The van der Waals surface area contributed by atoms with Gasteiger partial charge in [0.05, 0.1) is 11.6 Å². The lowest BCUT2D eigenvalue weighted by Gasteiger charge is -2.29. The number of halogens is 1. The van der Waals surface area contributed by atoms with Gasteiger partial charge in [-0.2, -0.15) is 5.26 Å². The minimum absolute atomic E-state index is 0.350. The summed E-state index contributed by atoms with van der Waals surface area (Å²) < 4.78 is 14.4. The molecule has 84 valence electrons. The van der Waals surface area contributed by atoms with Gasteiger partial charge in [0.15, 0.2) is 0 Å². The van der Waals surface area contributed by atoms with Crippen LogP contribution in [0.15, 0.2) is 18.3 Å². The van der Waals surface area contributed by atoms with Crippen molar-refractivity contribution in [3.63, 3.8) is 0 Å². The Kier molecular flexibility index (Phi) is 3.19. The molecule has 0 N–H and O–H groups in total. The van der Waals surface area contributed by atoms with Gasteiger partial charge in [0.1, 0.15) is 5.67 Å². The Bertz CT molecular complexity index is 403. The van der Waals surface area contributed by atoms with Gasteiger partial charge in [0.25, 0.3) is 0 Å². The number of alkyl halides is 1. The Balaban J connectivity index is 2.10. The SMILES string of the molecule is N#Cc1ccnc(CC2(F)CCCCC2)c1. The van der Waals surface area contributed by atoms with Crippen LogP contribution in [0.25, 0.3) is 0 Å². The zero-order chi connectivity index (χ0) is 11.4. The molecule has 0 bridgehead atoms. The van der Waals surface area contributed by atoms with Gasteiger partial charge in [-0.1, -0.05) is 19.3 Å². The lowest BCUT2D eigenvalue weighted by atomic mass is 9.83. The van der Waals surface area contributed by atoms with Crippen molar-refractivity contribution in [1.82, 2.24) is 4.98 Å². The highest BCUT2D eigenvalue weighted by Crippen LogP contribution is 2.34. The topological polar surface area (TPSA) is 36.7 Å². The molecule has 0 aromatic carbocycles. The lowest BCUT2D eigenvalue weighted by molar-refractivity contribution is 0.106. The number of aromatic nitrogens is 1. The third-order valence-corrected chi connectivity index (χ3v) is 3.19. The van der Waals surface area contributed by atoms with Crippen LogP contribution in [-0.4, -0.2) is 10.7 Å². The second-order valence-electron chi connectivity index (χ2n) is 4.54. The van der Waals surface area contributed by atoms with Crippen LogP contribution in [0.4, 0.5) is 4.39 Å². The van der Waals surface area contributed by atoms with Crippen molar-refractivity contribution in [2.24, 2.45) is 0 Å². The molecule has 0 radical (unpaired) electrons. The molecule has 0 unspecified atom stereocenters. The number of rotatable bonds is 2. The summed E-state index contributed by atoms with van der Waals surface area (Å²) in [5.41, 5.74) is 0.159. The normalized spacial score (nSPS) is 19.0. The first-order valence-corrected chi connectivity index (χ1v) is 5.76. The van der Waals surface area contributed by atoms with Gasteiger partial charge in [-0.3, -0.25) is 4.98 Å². The van der Waals surface area contributed by atoms with Gasteiger partial charge in [-0.15, -0.1) is 0 Å². The lowest BCUT2D eigenvalue weighted by Crippen LogP contribution is -2.29. The standard InChI is InChI=1S/C13H15FN2/c14-13(5-2-1-3-6-13)9-12-8-11(10-15)4-7-16-12/h4,7-8H,1-3,5-6,9H2. The molecule has 1 aliphatic rings. The van der Waals surface area contributed by atoms with Crippen LogP contribution >= 0.6 is 0 Å². The molecule has 0 saturated heterocycles. The molecule has 1 saturated carbocycles. The first kappa shape index (κ1) is 11.1. The number of hydrogen-bond donors (Lipinski definition) is 0. The maximum Gasteiger partial charge on any atom is 0.116 e. The molecule has 0 atom stereocenters. The molecule has 1 aromatic rings. The second kappa shape index (κ2) is 4.61. The summed E-state index contributed by atoms with van der Waals surface area (Å²) in [5, 5.41) is 8.76. The third-order valence-electron chi connectivity index (χ3n) is 3.19. The van der Waals surface area contributed by atoms with Crippen molar-refractivity contribution in [1.29, 1.82) is 5.26 Å². The van der Waals surface area contributed by atoms with E-state index in [0.29, 0.717) is 30.5 Å². The van der Waals surface area contributed by atoms with Gasteiger partial charge >= 0.3 is 0 Å². The summed E-state index contributed by atoms with van der Waals surface area (Å²) in [6.45, 7) is 0.